The van der Waals surface area contributed by atoms with Crippen LogP contribution >= 0.6 is 0 Å². The number of carbonyl (C=O) groups excluding carboxylic acids is 1. The normalized spacial score (nSPS) is 32.5. The summed E-state index contributed by atoms with van der Waals surface area (Å²) in [6, 6.07) is 0. The SMILES string of the molecule is C=O.CC.COC1=C(C2(C)ON2C)C=CC(C)(C(C)C)C=C1. The molecule has 1 fully saturated rings. The van der Waals surface area contributed by atoms with Crippen LogP contribution < -0.4 is 0 Å². The summed E-state index contributed by atoms with van der Waals surface area (Å²) >= 11 is 0. The summed E-state index contributed by atoms with van der Waals surface area (Å²) < 4.78 is 5.51. The van der Waals surface area contributed by atoms with Gasteiger partial charge in [-0.1, -0.05) is 52.8 Å². The topological polar surface area (TPSA) is 41.8 Å². The Morgan fingerprint density at radius 1 is 1.18 bits per heavy atom. The van der Waals surface area contributed by atoms with Crippen LogP contribution in [0.5, 0.6) is 0 Å². The Bertz CT molecular complexity index is 453. The van der Waals surface area contributed by atoms with Crippen LogP contribution in [-0.4, -0.2) is 31.7 Å². The Hall–Kier alpha value is -1.39. The fourth-order valence-electron chi connectivity index (χ4n) is 2.16. The molecular formula is C18H31NO3. The van der Waals surface area contributed by atoms with Gasteiger partial charge < -0.3 is 9.53 Å². The van der Waals surface area contributed by atoms with E-state index in [1.807, 2.05) is 32.7 Å². The van der Waals surface area contributed by atoms with Gasteiger partial charge in [0, 0.05) is 18.0 Å². The lowest BCUT2D eigenvalue weighted by Gasteiger charge is -2.26. The number of nitrogens with zero attached hydrogens (tertiary/aromatic N) is 1. The molecule has 1 saturated heterocycles. The van der Waals surface area contributed by atoms with E-state index in [2.05, 4.69) is 52.0 Å². The minimum Gasteiger partial charge on any atom is -0.496 e. The molecule has 0 radical (unpaired) electrons. The van der Waals surface area contributed by atoms with Crippen molar-refractivity contribution in [2.24, 2.45) is 11.3 Å². The van der Waals surface area contributed by atoms with Gasteiger partial charge in [0.25, 0.3) is 0 Å². The zero-order valence-corrected chi connectivity index (χ0v) is 15.3. The van der Waals surface area contributed by atoms with E-state index in [1.54, 1.807) is 7.11 Å². The minimum atomic E-state index is -0.353. The van der Waals surface area contributed by atoms with Crippen molar-refractivity contribution in [3.05, 3.63) is 35.6 Å². The Morgan fingerprint density at radius 2 is 1.64 bits per heavy atom. The molecule has 0 amide bonds. The number of hydroxylamine groups is 2. The summed E-state index contributed by atoms with van der Waals surface area (Å²) in [7, 11) is 3.64. The number of hydrogen-bond acceptors (Lipinski definition) is 4. The van der Waals surface area contributed by atoms with Crippen LogP contribution in [0.1, 0.15) is 41.5 Å². The lowest BCUT2D eigenvalue weighted by Crippen LogP contribution is -2.18. The summed E-state index contributed by atoms with van der Waals surface area (Å²) in [5, 5.41) is 1.84. The zero-order chi connectivity index (χ0) is 17.6. The molecule has 22 heavy (non-hydrogen) atoms. The Labute approximate surface area is 135 Å². The van der Waals surface area contributed by atoms with E-state index in [1.165, 1.54) is 0 Å². The average Bonchev–Trinajstić information content (AvgIpc) is 3.18. The summed E-state index contributed by atoms with van der Waals surface area (Å²) in [5.41, 5.74) is 0.775. The first-order valence-electron chi connectivity index (χ1n) is 7.72. The highest BCUT2D eigenvalue weighted by atomic mass is 16.9. The second kappa shape index (κ2) is 8.30. The van der Waals surface area contributed by atoms with Crippen molar-refractivity contribution in [1.29, 1.82) is 0 Å². The van der Waals surface area contributed by atoms with E-state index >= 15 is 0 Å². The van der Waals surface area contributed by atoms with Crippen LogP contribution in [0.3, 0.4) is 0 Å². The molecule has 4 nitrogen and oxygen atoms in total. The van der Waals surface area contributed by atoms with Gasteiger partial charge in [-0.3, -0.25) is 4.84 Å². The fourth-order valence-corrected chi connectivity index (χ4v) is 2.16. The molecule has 0 aromatic carbocycles. The highest BCUT2D eigenvalue weighted by Crippen LogP contribution is 2.44. The number of rotatable bonds is 3. The lowest BCUT2D eigenvalue weighted by molar-refractivity contribution is -0.0979. The summed E-state index contributed by atoms with van der Waals surface area (Å²) in [4.78, 5) is 13.6. The van der Waals surface area contributed by atoms with E-state index in [4.69, 9.17) is 14.4 Å². The van der Waals surface area contributed by atoms with Crippen molar-refractivity contribution in [2.45, 2.75) is 47.3 Å². The molecular weight excluding hydrogens is 278 g/mol. The quantitative estimate of drug-likeness (QED) is 0.736. The molecule has 1 heterocycles. The second-order valence-corrected chi connectivity index (χ2v) is 5.74. The van der Waals surface area contributed by atoms with Gasteiger partial charge in [0.15, 0.2) is 5.72 Å². The summed E-state index contributed by atoms with van der Waals surface area (Å²) in [5.74, 6) is 1.41. The third kappa shape index (κ3) is 4.08. The van der Waals surface area contributed by atoms with Gasteiger partial charge in [0.1, 0.15) is 12.5 Å². The van der Waals surface area contributed by atoms with E-state index in [0.717, 1.165) is 11.3 Å². The van der Waals surface area contributed by atoms with Crippen LogP contribution in [0.15, 0.2) is 35.6 Å². The molecule has 3 atom stereocenters. The number of hydrogen-bond donors (Lipinski definition) is 0. The highest BCUT2D eigenvalue weighted by molar-refractivity contribution is 5.42. The average molecular weight is 309 g/mol. The smallest absolute Gasteiger partial charge is 0.190 e. The molecule has 1 aliphatic carbocycles. The highest BCUT2D eigenvalue weighted by Gasteiger charge is 2.52. The molecule has 126 valence electrons. The number of ether oxygens (including phenoxy) is 1. The second-order valence-electron chi connectivity index (χ2n) is 5.74. The van der Waals surface area contributed by atoms with Crippen molar-refractivity contribution in [2.75, 3.05) is 14.2 Å². The van der Waals surface area contributed by atoms with Gasteiger partial charge in [0.05, 0.1) is 7.11 Å². The first-order chi connectivity index (χ1) is 10.3. The lowest BCUT2D eigenvalue weighted by atomic mass is 9.79. The number of likely N-dealkylation sites (N-methyl/N-ethyl adjacent to an activating group) is 1. The third-order valence-electron chi connectivity index (χ3n) is 4.32. The fraction of sp³-hybridized carbons (Fsp3) is 0.611. The Morgan fingerprint density at radius 3 is 2.00 bits per heavy atom. The largest absolute Gasteiger partial charge is 0.496 e. The predicted molar refractivity (Wildman–Crippen MR) is 91.0 cm³/mol. The van der Waals surface area contributed by atoms with E-state index in [0.29, 0.717) is 5.92 Å². The van der Waals surface area contributed by atoms with Gasteiger partial charge in [-0.25, -0.2) is 0 Å². The van der Waals surface area contributed by atoms with Gasteiger partial charge in [0.2, 0.25) is 0 Å². The van der Waals surface area contributed by atoms with E-state index < -0.39 is 0 Å². The number of allylic oxidation sites excluding steroid dienone is 3. The van der Waals surface area contributed by atoms with Crippen molar-refractivity contribution in [1.82, 2.24) is 5.06 Å². The molecule has 4 heteroatoms. The van der Waals surface area contributed by atoms with Gasteiger partial charge >= 0.3 is 0 Å². The van der Waals surface area contributed by atoms with Crippen LogP contribution in [0.4, 0.5) is 0 Å². The number of carbonyl (C=O) groups is 1. The van der Waals surface area contributed by atoms with Crippen molar-refractivity contribution < 1.29 is 14.4 Å². The molecule has 0 aromatic rings. The molecule has 0 aromatic heterocycles. The van der Waals surface area contributed by atoms with Crippen LogP contribution in [0.25, 0.3) is 0 Å². The third-order valence-corrected chi connectivity index (χ3v) is 4.32. The minimum absolute atomic E-state index is 0.0509. The maximum absolute atomic E-state index is 8.00. The monoisotopic (exact) mass is 309 g/mol. The van der Waals surface area contributed by atoms with Crippen molar-refractivity contribution in [3.8, 4) is 0 Å². The Balaban J connectivity index is 0.00000102. The molecule has 0 N–H and O–H groups in total. The predicted octanol–water partition coefficient (Wildman–Crippen LogP) is 4.11. The molecule has 2 aliphatic rings. The molecule has 1 aliphatic heterocycles. The van der Waals surface area contributed by atoms with Crippen LogP contribution in [-0.2, 0) is 14.4 Å². The first-order valence-corrected chi connectivity index (χ1v) is 7.72. The van der Waals surface area contributed by atoms with E-state index in [9.17, 15) is 0 Å². The van der Waals surface area contributed by atoms with Crippen LogP contribution in [0, 0.1) is 11.3 Å². The van der Waals surface area contributed by atoms with Crippen molar-refractivity contribution >= 4 is 6.79 Å². The standard InChI is InChI=1S/C15H23NO2.C2H6.CH2O/c1-11(2)14(3)9-7-12(13(17-6)8-10-14)15(4)16(5)18-15;2*1-2/h7-11H,1-6H3;1-2H3;1H2. The molecule has 0 bridgehead atoms. The molecule has 2 rings (SSSR count). The first kappa shape index (κ1) is 20.6. The molecule has 0 spiro atoms. The van der Waals surface area contributed by atoms with Crippen molar-refractivity contribution in [3.63, 3.8) is 0 Å². The summed E-state index contributed by atoms with van der Waals surface area (Å²) in [6.07, 6.45) is 8.67. The van der Waals surface area contributed by atoms with Gasteiger partial charge in [-0.2, -0.15) is 5.06 Å². The van der Waals surface area contributed by atoms with Gasteiger partial charge in [-0.15, -0.1) is 0 Å². The number of methoxy groups -OCH3 is 1. The van der Waals surface area contributed by atoms with Crippen LogP contribution in [0.2, 0.25) is 0 Å². The summed E-state index contributed by atoms with van der Waals surface area (Å²) in [6.45, 7) is 14.7. The van der Waals surface area contributed by atoms with Gasteiger partial charge in [-0.05, 0) is 18.9 Å². The molecule has 3 unspecified atom stereocenters. The van der Waals surface area contributed by atoms with E-state index in [-0.39, 0.29) is 11.1 Å². The maximum Gasteiger partial charge on any atom is 0.190 e. The Kier molecular flexibility index (Phi) is 7.77. The maximum atomic E-state index is 8.00. The zero-order valence-electron chi connectivity index (χ0n) is 15.3. The molecule has 0 saturated carbocycles.